The maximum Gasteiger partial charge on any atom is 0.188 e. The zero-order chi connectivity index (χ0) is 19.6. The number of nitrogens with zero attached hydrogens (tertiary/aromatic N) is 1. The van der Waals surface area contributed by atoms with Crippen LogP contribution in [0, 0.1) is 26.7 Å². The molecule has 0 radical (unpaired) electrons. The van der Waals surface area contributed by atoms with Crippen LogP contribution in [0.2, 0.25) is 0 Å². The monoisotopic (exact) mass is 373 g/mol. The molecule has 0 bridgehead atoms. The molecule has 1 N–H and O–H groups in total. The number of pyridine rings is 1. The molecule has 1 heterocycles. The van der Waals surface area contributed by atoms with E-state index in [1.807, 2.05) is 13.8 Å². The quantitative estimate of drug-likeness (QED) is 0.276. The van der Waals surface area contributed by atoms with E-state index >= 15 is 0 Å². The summed E-state index contributed by atoms with van der Waals surface area (Å²) in [5.41, 5.74) is 2.90. The third-order valence-corrected chi connectivity index (χ3v) is 6.32. The Kier molecular flexibility index (Phi) is 9.17. The van der Waals surface area contributed by atoms with Crippen molar-refractivity contribution in [1.82, 2.24) is 4.73 Å². The number of hydrogen-bond donors (Lipinski definition) is 1. The molecule has 1 aliphatic carbocycles. The summed E-state index contributed by atoms with van der Waals surface area (Å²) in [6, 6.07) is 0. The first-order valence-electron chi connectivity index (χ1n) is 11.1. The Bertz CT molecular complexity index is 672. The summed E-state index contributed by atoms with van der Waals surface area (Å²) in [5, 5.41) is 10.3. The van der Waals surface area contributed by atoms with E-state index in [1.54, 1.807) is 6.92 Å². The number of aromatic nitrogens is 1. The molecule has 0 aromatic carbocycles. The van der Waals surface area contributed by atoms with Crippen molar-refractivity contribution in [3.63, 3.8) is 0 Å². The van der Waals surface area contributed by atoms with E-state index in [4.69, 9.17) is 0 Å². The summed E-state index contributed by atoms with van der Waals surface area (Å²) in [4.78, 5) is 12.2. The molecule has 1 unspecified atom stereocenters. The predicted octanol–water partition coefficient (Wildman–Crippen LogP) is 6.42. The summed E-state index contributed by atoms with van der Waals surface area (Å²) in [7, 11) is 0. The van der Waals surface area contributed by atoms with Crippen molar-refractivity contribution in [3.05, 3.63) is 44.9 Å². The fourth-order valence-corrected chi connectivity index (χ4v) is 4.27. The predicted molar refractivity (Wildman–Crippen MR) is 114 cm³/mol. The van der Waals surface area contributed by atoms with Gasteiger partial charge in [-0.25, -0.2) is 0 Å². The second-order valence-corrected chi connectivity index (χ2v) is 8.41. The highest BCUT2D eigenvalue weighted by atomic mass is 16.5. The molecule has 2 rings (SSSR count). The Labute approximate surface area is 165 Å². The van der Waals surface area contributed by atoms with Gasteiger partial charge in [0.1, 0.15) is 0 Å². The van der Waals surface area contributed by atoms with E-state index in [1.165, 1.54) is 75.4 Å². The number of hydrogen-bond acceptors (Lipinski definition) is 2. The summed E-state index contributed by atoms with van der Waals surface area (Å²) >= 11 is 0. The van der Waals surface area contributed by atoms with Crippen molar-refractivity contribution in [2.45, 2.75) is 104 Å². The molecule has 0 fully saturated rings. The van der Waals surface area contributed by atoms with Crippen molar-refractivity contribution < 1.29 is 5.21 Å². The van der Waals surface area contributed by atoms with Gasteiger partial charge in [0, 0.05) is 11.1 Å². The lowest BCUT2D eigenvalue weighted by Crippen LogP contribution is -2.21. The number of allylic oxidation sites excluding steroid dienone is 2. The van der Waals surface area contributed by atoms with Crippen molar-refractivity contribution >= 4 is 0 Å². The summed E-state index contributed by atoms with van der Waals surface area (Å²) in [6.07, 6.45) is 21.3. The van der Waals surface area contributed by atoms with Crippen LogP contribution in [0.15, 0.2) is 16.9 Å². The first kappa shape index (κ1) is 21.8. The molecule has 1 atom stereocenters. The lowest BCUT2D eigenvalue weighted by molar-refractivity contribution is 0.165. The minimum absolute atomic E-state index is 0.0801. The standard InChI is InChI=1S/C24H39NO2/c1-19-21(3)25(27)23(20(2)24(19)26)18-14-9-7-5-4-6-8-11-15-22-16-12-10-13-17-22/h12,16,22,27H,4-11,13-15,17-18H2,1-3H3. The first-order valence-corrected chi connectivity index (χ1v) is 11.1. The van der Waals surface area contributed by atoms with Gasteiger partial charge in [-0.3, -0.25) is 4.79 Å². The molecular weight excluding hydrogens is 334 g/mol. The number of unbranched alkanes of at least 4 members (excludes halogenated alkanes) is 7. The summed E-state index contributed by atoms with van der Waals surface area (Å²) < 4.78 is 1.23. The van der Waals surface area contributed by atoms with Crippen LogP contribution in [-0.2, 0) is 6.42 Å². The Morgan fingerprint density at radius 3 is 2.22 bits per heavy atom. The first-order chi connectivity index (χ1) is 13.0. The van der Waals surface area contributed by atoms with Gasteiger partial charge in [-0.05, 0) is 65.2 Å². The van der Waals surface area contributed by atoms with Gasteiger partial charge in [-0.1, -0.05) is 57.1 Å². The molecule has 0 spiro atoms. The smallest absolute Gasteiger partial charge is 0.188 e. The summed E-state index contributed by atoms with van der Waals surface area (Å²) in [5.74, 6) is 0.858. The fourth-order valence-electron chi connectivity index (χ4n) is 4.27. The van der Waals surface area contributed by atoms with Crippen molar-refractivity contribution in [1.29, 1.82) is 0 Å². The van der Waals surface area contributed by atoms with E-state index in [0.29, 0.717) is 16.8 Å². The van der Waals surface area contributed by atoms with Crippen LogP contribution in [0.25, 0.3) is 0 Å². The highest BCUT2D eigenvalue weighted by Crippen LogP contribution is 2.23. The van der Waals surface area contributed by atoms with Crippen molar-refractivity contribution in [3.8, 4) is 0 Å². The van der Waals surface area contributed by atoms with Gasteiger partial charge in [0.05, 0.1) is 11.4 Å². The topological polar surface area (TPSA) is 42.2 Å². The molecule has 0 saturated heterocycles. The highest BCUT2D eigenvalue weighted by molar-refractivity contribution is 5.29. The molecule has 1 aliphatic rings. The van der Waals surface area contributed by atoms with E-state index < -0.39 is 0 Å². The van der Waals surface area contributed by atoms with Crippen LogP contribution >= 0.6 is 0 Å². The number of rotatable bonds is 11. The van der Waals surface area contributed by atoms with Gasteiger partial charge < -0.3 is 5.21 Å². The zero-order valence-electron chi connectivity index (χ0n) is 17.7. The Hall–Kier alpha value is -1.51. The highest BCUT2D eigenvalue weighted by Gasteiger charge is 2.13. The lowest BCUT2D eigenvalue weighted by atomic mass is 9.91. The van der Waals surface area contributed by atoms with E-state index in [0.717, 1.165) is 24.5 Å². The molecule has 3 heteroatoms. The molecule has 152 valence electrons. The van der Waals surface area contributed by atoms with Gasteiger partial charge >= 0.3 is 0 Å². The van der Waals surface area contributed by atoms with Crippen LogP contribution in [0.3, 0.4) is 0 Å². The third kappa shape index (κ3) is 6.55. The minimum Gasteiger partial charge on any atom is -0.428 e. The van der Waals surface area contributed by atoms with Crippen LogP contribution < -0.4 is 5.43 Å². The second-order valence-electron chi connectivity index (χ2n) is 8.41. The zero-order valence-corrected chi connectivity index (χ0v) is 17.7. The van der Waals surface area contributed by atoms with Gasteiger partial charge in [-0.2, -0.15) is 4.73 Å². The van der Waals surface area contributed by atoms with Crippen molar-refractivity contribution in [2.24, 2.45) is 5.92 Å². The Morgan fingerprint density at radius 2 is 1.59 bits per heavy atom. The lowest BCUT2D eigenvalue weighted by Gasteiger charge is -2.15. The average molecular weight is 374 g/mol. The van der Waals surface area contributed by atoms with E-state index in [9.17, 15) is 10.0 Å². The maximum absolute atomic E-state index is 12.2. The molecule has 0 saturated carbocycles. The minimum atomic E-state index is 0.0801. The molecule has 0 aliphatic heterocycles. The van der Waals surface area contributed by atoms with Gasteiger partial charge in [0.25, 0.3) is 0 Å². The third-order valence-electron chi connectivity index (χ3n) is 6.32. The van der Waals surface area contributed by atoms with Crippen LogP contribution in [-0.4, -0.2) is 9.94 Å². The van der Waals surface area contributed by atoms with Gasteiger partial charge in [-0.15, -0.1) is 0 Å². The van der Waals surface area contributed by atoms with Crippen molar-refractivity contribution in [2.75, 3.05) is 0 Å². The van der Waals surface area contributed by atoms with Gasteiger partial charge in [0.2, 0.25) is 0 Å². The molecule has 1 aromatic rings. The van der Waals surface area contributed by atoms with Crippen LogP contribution in [0.5, 0.6) is 0 Å². The van der Waals surface area contributed by atoms with Gasteiger partial charge in [0.15, 0.2) is 5.43 Å². The SMILES string of the molecule is Cc1c(C)n(O)c(CCCCCCCCCCC2C=CCCC2)c(C)c1=O. The molecule has 27 heavy (non-hydrogen) atoms. The average Bonchev–Trinajstić information content (AvgIpc) is 2.69. The normalized spacial score (nSPS) is 16.8. The molecule has 1 aromatic heterocycles. The Morgan fingerprint density at radius 1 is 0.963 bits per heavy atom. The second kappa shape index (κ2) is 11.4. The molecule has 3 nitrogen and oxygen atoms in total. The molecule has 0 amide bonds. The summed E-state index contributed by atoms with van der Waals surface area (Å²) in [6.45, 7) is 5.43. The largest absolute Gasteiger partial charge is 0.428 e. The van der Waals surface area contributed by atoms with Crippen LogP contribution in [0.1, 0.15) is 99.6 Å². The van der Waals surface area contributed by atoms with E-state index in [2.05, 4.69) is 12.2 Å². The van der Waals surface area contributed by atoms with E-state index in [-0.39, 0.29) is 5.43 Å². The van der Waals surface area contributed by atoms with Crippen LogP contribution in [0.4, 0.5) is 0 Å². The fraction of sp³-hybridized carbons (Fsp3) is 0.708. The maximum atomic E-state index is 12.2. The molecular formula is C24H39NO2. The Balaban J connectivity index is 1.54.